The van der Waals surface area contributed by atoms with Gasteiger partial charge in [-0.3, -0.25) is 4.99 Å². The number of allylic oxidation sites excluding steroid dienone is 1. The maximum atomic E-state index is 14.0. The molecule has 1 aliphatic carbocycles. The molecule has 8 nitrogen and oxygen atoms in total. The molecule has 0 unspecified atom stereocenters. The molecule has 1 aromatic carbocycles. The fraction of sp³-hybridized carbons (Fsp3) is 0.217. The van der Waals surface area contributed by atoms with Crippen LogP contribution in [0.2, 0.25) is 0 Å². The lowest BCUT2D eigenvalue weighted by molar-refractivity contribution is 0.0509. The Morgan fingerprint density at radius 3 is 2.78 bits per heavy atom. The molecule has 2 heterocycles. The summed E-state index contributed by atoms with van der Waals surface area (Å²) in [5.41, 5.74) is 14.2. The van der Waals surface area contributed by atoms with Crippen LogP contribution >= 0.6 is 0 Å². The van der Waals surface area contributed by atoms with E-state index in [9.17, 15) is 4.39 Å². The second-order valence-corrected chi connectivity index (χ2v) is 7.36. The van der Waals surface area contributed by atoms with Crippen LogP contribution in [0, 0.1) is 5.82 Å². The molecular formula is C23H23FN6O2. The highest BCUT2D eigenvalue weighted by molar-refractivity contribution is 6.10. The first-order chi connectivity index (χ1) is 15.5. The molecule has 0 saturated heterocycles. The van der Waals surface area contributed by atoms with Crippen LogP contribution < -0.4 is 11.5 Å². The van der Waals surface area contributed by atoms with Crippen molar-refractivity contribution >= 4 is 17.2 Å². The Kier molecular flexibility index (Phi) is 6.09. The van der Waals surface area contributed by atoms with E-state index in [0.717, 1.165) is 18.4 Å². The van der Waals surface area contributed by atoms with E-state index in [-0.39, 0.29) is 23.9 Å². The molecule has 9 heteroatoms. The van der Waals surface area contributed by atoms with Crippen molar-refractivity contribution in [2.75, 3.05) is 12.3 Å². The van der Waals surface area contributed by atoms with Gasteiger partial charge in [-0.15, -0.1) is 6.58 Å². The van der Waals surface area contributed by atoms with Gasteiger partial charge in [0.1, 0.15) is 23.6 Å². The Balaban J connectivity index is 1.61. The summed E-state index contributed by atoms with van der Waals surface area (Å²) in [5.74, 6) is 0.208. The second-order valence-electron chi connectivity index (χ2n) is 7.36. The third-order valence-corrected chi connectivity index (χ3v) is 5.12. The van der Waals surface area contributed by atoms with Gasteiger partial charge in [0.25, 0.3) is 0 Å². The maximum absolute atomic E-state index is 14.0. The van der Waals surface area contributed by atoms with Gasteiger partial charge in [0.2, 0.25) is 0 Å². The lowest BCUT2D eigenvalue weighted by atomic mass is 10.1. The summed E-state index contributed by atoms with van der Waals surface area (Å²) in [6, 6.07) is 8.05. The fourth-order valence-corrected chi connectivity index (χ4v) is 3.26. The molecular weight excluding hydrogens is 411 g/mol. The minimum Gasteiger partial charge on any atom is -0.396 e. The number of halogens is 1. The average molecular weight is 434 g/mol. The van der Waals surface area contributed by atoms with Crippen molar-refractivity contribution in [3.05, 3.63) is 90.0 Å². The summed E-state index contributed by atoms with van der Waals surface area (Å²) in [6.45, 7) is 4.20. The summed E-state index contributed by atoms with van der Waals surface area (Å²) >= 11 is 0. The zero-order valence-corrected chi connectivity index (χ0v) is 17.4. The Labute approximate surface area is 184 Å². The van der Waals surface area contributed by atoms with E-state index >= 15 is 0 Å². The van der Waals surface area contributed by atoms with Gasteiger partial charge in [-0.05, 0) is 25.0 Å². The molecule has 1 fully saturated rings. The molecule has 0 amide bonds. The molecule has 2 aromatic heterocycles. The van der Waals surface area contributed by atoms with Crippen molar-refractivity contribution in [2.24, 2.45) is 10.7 Å². The topological polar surface area (TPSA) is 125 Å². The van der Waals surface area contributed by atoms with Gasteiger partial charge in [0.05, 0.1) is 30.2 Å². The van der Waals surface area contributed by atoms with Crippen molar-refractivity contribution in [3.63, 3.8) is 0 Å². The predicted molar refractivity (Wildman–Crippen MR) is 119 cm³/mol. The number of nitrogens with two attached hydrogens (primary N) is 2. The third kappa shape index (κ3) is 4.57. The zero-order valence-electron chi connectivity index (χ0n) is 17.4. The van der Waals surface area contributed by atoms with Crippen LogP contribution in [0.1, 0.15) is 35.5 Å². The van der Waals surface area contributed by atoms with Crippen LogP contribution in [0.3, 0.4) is 0 Å². The molecule has 0 aliphatic heterocycles. The largest absolute Gasteiger partial charge is 0.396 e. The first kappa shape index (κ1) is 21.4. The number of nitrogen functional groups attached to an aromatic ring is 1. The van der Waals surface area contributed by atoms with E-state index < -0.39 is 5.60 Å². The number of hydrogen-bond donors (Lipinski definition) is 2. The number of benzene rings is 1. The summed E-state index contributed by atoms with van der Waals surface area (Å²) < 4.78 is 24.8. The summed E-state index contributed by atoms with van der Waals surface area (Å²) in [4.78, 5) is 13.2. The second kappa shape index (κ2) is 9.11. The maximum Gasteiger partial charge on any atom is 0.177 e. The van der Waals surface area contributed by atoms with E-state index in [0.29, 0.717) is 29.4 Å². The highest BCUT2D eigenvalue weighted by Crippen LogP contribution is 2.50. The van der Waals surface area contributed by atoms with Gasteiger partial charge in [-0.2, -0.15) is 0 Å². The molecule has 32 heavy (non-hydrogen) atoms. The summed E-state index contributed by atoms with van der Waals surface area (Å²) in [7, 11) is 0. The molecule has 4 rings (SSSR count). The SMILES string of the molecule is C=CCOC1(c2cnc(C(N)=CC(=NCc3ccccc3F)c3ccon3)nc2N)CC1. The average Bonchev–Trinajstić information content (AvgIpc) is 3.37. The first-order valence-corrected chi connectivity index (χ1v) is 10.1. The monoisotopic (exact) mass is 434 g/mol. The quantitative estimate of drug-likeness (QED) is 0.391. The van der Waals surface area contributed by atoms with Gasteiger partial charge in [-0.1, -0.05) is 29.4 Å². The molecule has 3 aromatic rings. The van der Waals surface area contributed by atoms with Gasteiger partial charge < -0.3 is 20.7 Å². The van der Waals surface area contributed by atoms with Crippen LogP contribution in [0.4, 0.5) is 10.2 Å². The number of nitrogens with zero attached hydrogens (tertiary/aromatic N) is 4. The fourth-order valence-electron chi connectivity index (χ4n) is 3.26. The first-order valence-electron chi connectivity index (χ1n) is 10.1. The summed E-state index contributed by atoms with van der Waals surface area (Å²) in [6.07, 6.45) is 8.00. The van der Waals surface area contributed by atoms with E-state index in [1.165, 1.54) is 12.3 Å². The number of aliphatic imine (C=N–C) groups is 1. The molecule has 164 valence electrons. The van der Waals surface area contributed by atoms with Crippen molar-refractivity contribution in [1.82, 2.24) is 15.1 Å². The van der Waals surface area contributed by atoms with E-state index in [1.54, 1.807) is 42.6 Å². The number of rotatable bonds is 9. The number of ether oxygens (including phenoxy) is 1. The van der Waals surface area contributed by atoms with Crippen LogP contribution in [-0.4, -0.2) is 27.4 Å². The third-order valence-electron chi connectivity index (χ3n) is 5.12. The van der Waals surface area contributed by atoms with Gasteiger partial charge in [0.15, 0.2) is 5.82 Å². The lowest BCUT2D eigenvalue weighted by Gasteiger charge is -2.17. The summed E-state index contributed by atoms with van der Waals surface area (Å²) in [5, 5.41) is 3.91. The van der Waals surface area contributed by atoms with Crippen LogP contribution in [0.25, 0.3) is 5.70 Å². The molecule has 0 bridgehead atoms. The standard InChI is InChI=1S/C23H23FN6O2/c1-2-10-31-23(8-9-23)16-14-28-22(29-21(16)26)18(25)12-20(19-7-11-32-30-19)27-13-15-5-3-4-6-17(15)24/h2-7,11-12,14H,1,8-10,13,25H2,(H2,26,28,29). The van der Waals surface area contributed by atoms with Gasteiger partial charge >= 0.3 is 0 Å². The van der Waals surface area contributed by atoms with Crippen molar-refractivity contribution < 1.29 is 13.7 Å². The van der Waals surface area contributed by atoms with Crippen molar-refractivity contribution in [1.29, 1.82) is 0 Å². The number of hydrogen-bond acceptors (Lipinski definition) is 8. The highest BCUT2D eigenvalue weighted by atomic mass is 19.1. The van der Waals surface area contributed by atoms with Gasteiger partial charge in [-0.25, -0.2) is 14.4 Å². The van der Waals surface area contributed by atoms with E-state index in [1.807, 2.05) is 0 Å². The van der Waals surface area contributed by atoms with Crippen molar-refractivity contribution in [2.45, 2.75) is 25.0 Å². The predicted octanol–water partition coefficient (Wildman–Crippen LogP) is 3.37. The molecule has 0 radical (unpaired) electrons. The van der Waals surface area contributed by atoms with E-state index in [4.69, 9.17) is 20.7 Å². The molecule has 0 spiro atoms. The minimum absolute atomic E-state index is 0.101. The van der Waals surface area contributed by atoms with Gasteiger partial charge in [0, 0.05) is 23.4 Å². The Morgan fingerprint density at radius 1 is 1.31 bits per heavy atom. The Morgan fingerprint density at radius 2 is 2.12 bits per heavy atom. The Bertz CT molecular complexity index is 1170. The zero-order chi connectivity index (χ0) is 22.6. The van der Waals surface area contributed by atoms with Crippen molar-refractivity contribution in [3.8, 4) is 0 Å². The smallest absolute Gasteiger partial charge is 0.177 e. The van der Waals surface area contributed by atoms with Crippen LogP contribution in [-0.2, 0) is 16.9 Å². The minimum atomic E-state index is -0.456. The van der Waals surface area contributed by atoms with Crippen LogP contribution in [0.15, 0.2) is 71.0 Å². The molecule has 1 saturated carbocycles. The number of aromatic nitrogens is 3. The number of anilines is 1. The molecule has 0 atom stereocenters. The molecule has 1 aliphatic rings. The van der Waals surface area contributed by atoms with Crippen LogP contribution in [0.5, 0.6) is 0 Å². The normalized spacial score (nSPS) is 15.5. The van der Waals surface area contributed by atoms with E-state index in [2.05, 4.69) is 26.7 Å². The highest BCUT2D eigenvalue weighted by Gasteiger charge is 2.47. The lowest BCUT2D eigenvalue weighted by Crippen LogP contribution is -2.17. The Hall–Kier alpha value is -3.85. The molecule has 4 N–H and O–H groups in total.